The fraction of sp³-hybridized carbons (Fsp3) is 0.391. The number of aromatic nitrogens is 1. The Labute approximate surface area is 194 Å². The minimum atomic E-state index is -3.63. The third-order valence-electron chi connectivity index (χ3n) is 5.07. The molecule has 1 unspecified atom stereocenters. The van der Waals surface area contributed by atoms with Gasteiger partial charge in [0.25, 0.3) is 0 Å². The van der Waals surface area contributed by atoms with Crippen molar-refractivity contribution in [3.63, 3.8) is 0 Å². The van der Waals surface area contributed by atoms with Gasteiger partial charge < -0.3 is 4.74 Å². The third kappa shape index (κ3) is 9.86. The molecule has 176 valence electrons. The summed E-state index contributed by atoms with van der Waals surface area (Å²) in [7, 11) is -2.28. The van der Waals surface area contributed by atoms with Gasteiger partial charge in [-0.1, -0.05) is 35.8 Å². The van der Waals surface area contributed by atoms with Crippen molar-refractivity contribution in [3.8, 4) is 0 Å². The van der Waals surface area contributed by atoms with Crippen molar-refractivity contribution in [1.29, 1.82) is 0 Å². The fourth-order valence-corrected chi connectivity index (χ4v) is 4.37. The average Bonchev–Trinajstić information content (AvgIpc) is 2.82. The number of ether oxygens (including phenoxy) is 1. The minimum absolute atomic E-state index is 0.119. The number of sulfonamides is 1. The van der Waals surface area contributed by atoms with Crippen LogP contribution in [0.5, 0.6) is 0 Å². The fourth-order valence-electron chi connectivity index (χ4n) is 3.30. The quantitative estimate of drug-likeness (QED) is 0.105. The van der Waals surface area contributed by atoms with Crippen LogP contribution in [0.15, 0.2) is 71.0 Å². The topological polar surface area (TPSA) is 134 Å². The number of aryl methyl sites for hydroxylation is 1. The predicted octanol–water partition coefficient (Wildman–Crippen LogP) is 4.84. The molecule has 2 aromatic rings. The molecule has 1 N–H and O–H groups in total. The Hall–Kier alpha value is -3.20. The summed E-state index contributed by atoms with van der Waals surface area (Å²) in [6.45, 7) is 0.309. The van der Waals surface area contributed by atoms with Gasteiger partial charge in [0.1, 0.15) is 0 Å². The number of carbonyl (C=O) groups excluding carboxylic acids is 1. The molecule has 10 heteroatoms. The van der Waals surface area contributed by atoms with Gasteiger partial charge in [-0.2, -0.15) is 0 Å². The van der Waals surface area contributed by atoms with Gasteiger partial charge in [0.05, 0.1) is 12.0 Å². The summed E-state index contributed by atoms with van der Waals surface area (Å²) in [6.07, 6.45) is 12.0. The lowest BCUT2D eigenvalue weighted by molar-refractivity contribution is -0.134. The number of nitrogens with one attached hydrogen (secondary N) is 1. The third-order valence-corrected chi connectivity index (χ3v) is 6.55. The van der Waals surface area contributed by atoms with E-state index in [-0.39, 0.29) is 16.8 Å². The van der Waals surface area contributed by atoms with Crippen LogP contribution < -0.4 is 4.72 Å². The molecule has 1 atom stereocenters. The normalized spacial score (nSPS) is 12.3. The van der Waals surface area contributed by atoms with Gasteiger partial charge in [-0.05, 0) is 67.3 Å². The van der Waals surface area contributed by atoms with E-state index in [0.29, 0.717) is 18.7 Å². The zero-order valence-corrected chi connectivity index (χ0v) is 19.4. The summed E-state index contributed by atoms with van der Waals surface area (Å²) >= 11 is 0. The van der Waals surface area contributed by atoms with E-state index in [1.54, 1.807) is 6.20 Å². The molecule has 0 saturated heterocycles. The number of rotatable bonds is 14. The number of carbonyl (C=O) groups is 1. The van der Waals surface area contributed by atoms with Gasteiger partial charge in [0.2, 0.25) is 10.0 Å². The Morgan fingerprint density at radius 2 is 1.97 bits per heavy atom. The van der Waals surface area contributed by atoms with Crippen LogP contribution in [0.2, 0.25) is 0 Å². The number of esters is 1. The van der Waals surface area contributed by atoms with Gasteiger partial charge in [0, 0.05) is 35.6 Å². The molecular weight excluding hydrogens is 442 g/mol. The van der Waals surface area contributed by atoms with E-state index in [4.69, 9.17) is 5.53 Å². The van der Waals surface area contributed by atoms with Gasteiger partial charge in [-0.25, -0.2) is 17.9 Å². The second kappa shape index (κ2) is 14.1. The molecule has 1 aromatic carbocycles. The molecule has 33 heavy (non-hydrogen) atoms. The van der Waals surface area contributed by atoms with E-state index in [2.05, 4.69) is 24.5 Å². The van der Waals surface area contributed by atoms with Crippen LogP contribution in [-0.2, 0) is 26.0 Å². The number of benzene rings is 1. The molecule has 1 heterocycles. The molecule has 0 aliphatic rings. The molecule has 2 rings (SSSR count). The zero-order valence-electron chi connectivity index (χ0n) is 18.6. The molecular formula is C23H29N5O4S. The Kier molecular flexibility index (Phi) is 11.1. The highest BCUT2D eigenvalue weighted by Crippen LogP contribution is 2.19. The predicted molar refractivity (Wildman–Crippen MR) is 126 cm³/mol. The van der Waals surface area contributed by atoms with Gasteiger partial charge in [-0.15, -0.1) is 0 Å². The Morgan fingerprint density at radius 1 is 1.21 bits per heavy atom. The van der Waals surface area contributed by atoms with Crippen LogP contribution in [0.25, 0.3) is 10.4 Å². The monoisotopic (exact) mass is 471 g/mol. The van der Waals surface area contributed by atoms with E-state index < -0.39 is 10.0 Å². The molecule has 0 radical (unpaired) electrons. The SMILES string of the molecule is COC(=O)/C=C/C(CCCCNS(=O)(=O)c1ccc(N=[N+]=[N-])cc1)CCCc1cccnc1. The van der Waals surface area contributed by atoms with Crippen molar-refractivity contribution in [3.05, 3.63) is 77.0 Å². The summed E-state index contributed by atoms with van der Waals surface area (Å²) in [6, 6.07) is 9.68. The van der Waals surface area contributed by atoms with E-state index in [1.165, 1.54) is 43.0 Å². The lowest BCUT2D eigenvalue weighted by Gasteiger charge is -2.13. The number of azide groups is 1. The number of hydrogen-bond acceptors (Lipinski definition) is 6. The molecule has 1 aromatic heterocycles. The van der Waals surface area contributed by atoms with Crippen molar-refractivity contribution in [2.45, 2.75) is 43.4 Å². The lowest BCUT2D eigenvalue weighted by atomic mass is 9.94. The molecule has 0 saturated carbocycles. The van der Waals surface area contributed by atoms with Crippen LogP contribution in [0.1, 0.15) is 37.7 Å². The Morgan fingerprint density at radius 3 is 2.64 bits per heavy atom. The Balaban J connectivity index is 1.80. The summed E-state index contributed by atoms with van der Waals surface area (Å²) in [5.74, 6) is -0.183. The summed E-state index contributed by atoms with van der Waals surface area (Å²) in [5, 5.41) is 3.43. The van der Waals surface area contributed by atoms with Crippen LogP contribution in [0.4, 0.5) is 5.69 Å². The smallest absolute Gasteiger partial charge is 0.330 e. The summed E-state index contributed by atoms with van der Waals surface area (Å²) in [4.78, 5) is 18.4. The highest BCUT2D eigenvalue weighted by molar-refractivity contribution is 7.89. The maximum atomic E-state index is 12.4. The van der Waals surface area contributed by atoms with Crippen molar-refractivity contribution in [2.24, 2.45) is 11.0 Å². The van der Waals surface area contributed by atoms with Gasteiger partial charge in [-0.3, -0.25) is 4.98 Å². The minimum Gasteiger partial charge on any atom is -0.466 e. The number of pyridine rings is 1. The highest BCUT2D eigenvalue weighted by atomic mass is 32.2. The summed E-state index contributed by atoms with van der Waals surface area (Å²) < 4.78 is 32.1. The number of nitrogens with zero attached hydrogens (tertiary/aromatic N) is 4. The molecule has 0 bridgehead atoms. The Bertz CT molecular complexity index is 1050. The summed E-state index contributed by atoms with van der Waals surface area (Å²) in [5.41, 5.74) is 9.95. The first-order valence-corrected chi connectivity index (χ1v) is 12.2. The maximum Gasteiger partial charge on any atom is 0.330 e. The van der Waals surface area contributed by atoms with E-state index in [9.17, 15) is 13.2 Å². The van der Waals surface area contributed by atoms with Crippen molar-refractivity contribution in [2.75, 3.05) is 13.7 Å². The first kappa shape index (κ1) is 26.1. The molecule has 0 aliphatic carbocycles. The highest BCUT2D eigenvalue weighted by Gasteiger charge is 2.13. The van der Waals surface area contributed by atoms with Gasteiger partial charge >= 0.3 is 5.97 Å². The standard InChI is InChI=1S/C23H29N5O4S/c1-32-23(29)15-10-19(7-4-8-20-9-5-16-25-18-20)6-2-3-17-26-33(30,31)22-13-11-21(12-14-22)27-28-24/h5,9-16,18-19,26H,2-4,6-8,17H2,1H3/b15-10+. The maximum absolute atomic E-state index is 12.4. The first-order chi connectivity index (χ1) is 15.9. The van der Waals surface area contributed by atoms with E-state index in [0.717, 1.165) is 32.1 Å². The van der Waals surface area contributed by atoms with Crippen LogP contribution in [0, 0.1) is 5.92 Å². The number of hydrogen-bond donors (Lipinski definition) is 1. The van der Waals surface area contributed by atoms with Crippen LogP contribution in [0.3, 0.4) is 0 Å². The molecule has 9 nitrogen and oxygen atoms in total. The number of methoxy groups -OCH3 is 1. The number of unbranched alkanes of at least 4 members (excludes halogenated alkanes) is 1. The second-order valence-corrected chi connectivity index (χ2v) is 9.24. The largest absolute Gasteiger partial charge is 0.466 e. The second-order valence-electron chi connectivity index (χ2n) is 7.47. The van der Waals surface area contributed by atoms with Crippen LogP contribution in [-0.4, -0.2) is 33.0 Å². The van der Waals surface area contributed by atoms with Crippen molar-refractivity contribution < 1.29 is 17.9 Å². The van der Waals surface area contributed by atoms with Crippen molar-refractivity contribution in [1.82, 2.24) is 9.71 Å². The van der Waals surface area contributed by atoms with E-state index in [1.807, 2.05) is 24.4 Å². The number of allylic oxidation sites excluding steroid dienone is 1. The average molecular weight is 472 g/mol. The zero-order chi connectivity index (χ0) is 23.9. The van der Waals surface area contributed by atoms with Crippen LogP contribution >= 0.6 is 0 Å². The van der Waals surface area contributed by atoms with Gasteiger partial charge in [0.15, 0.2) is 0 Å². The van der Waals surface area contributed by atoms with Crippen molar-refractivity contribution >= 4 is 21.7 Å². The molecule has 0 fully saturated rings. The first-order valence-electron chi connectivity index (χ1n) is 10.7. The molecule has 0 aliphatic heterocycles. The molecule has 0 spiro atoms. The van der Waals surface area contributed by atoms with E-state index >= 15 is 0 Å². The molecule has 0 amide bonds. The lowest BCUT2D eigenvalue weighted by Crippen LogP contribution is -2.24.